The summed E-state index contributed by atoms with van der Waals surface area (Å²) in [5.74, 6) is -0.342. The van der Waals surface area contributed by atoms with Crippen LogP contribution < -0.4 is 5.32 Å². The SMILES string of the molecule is COC(=O)c1ccc(CNC2CCCC(C)(C)C2)nc1. The smallest absolute Gasteiger partial charge is 0.339 e. The summed E-state index contributed by atoms with van der Waals surface area (Å²) >= 11 is 0. The third-order valence-corrected chi connectivity index (χ3v) is 4.02. The molecule has 4 nitrogen and oxygen atoms in total. The van der Waals surface area contributed by atoms with Gasteiger partial charge in [-0.3, -0.25) is 4.98 Å². The molecular weight excluding hydrogens is 252 g/mol. The summed E-state index contributed by atoms with van der Waals surface area (Å²) < 4.78 is 4.66. The van der Waals surface area contributed by atoms with Crippen LogP contribution in [0.2, 0.25) is 0 Å². The lowest BCUT2D eigenvalue weighted by molar-refractivity contribution is 0.0600. The molecule has 2 rings (SSSR count). The Morgan fingerprint density at radius 3 is 2.90 bits per heavy atom. The van der Waals surface area contributed by atoms with Crippen LogP contribution in [0, 0.1) is 5.41 Å². The van der Waals surface area contributed by atoms with Crippen molar-refractivity contribution >= 4 is 5.97 Å². The van der Waals surface area contributed by atoms with Crippen LogP contribution in [0.15, 0.2) is 18.3 Å². The van der Waals surface area contributed by atoms with Gasteiger partial charge in [0.15, 0.2) is 0 Å². The lowest BCUT2D eigenvalue weighted by Gasteiger charge is -2.35. The number of hydrogen-bond donors (Lipinski definition) is 1. The largest absolute Gasteiger partial charge is 0.465 e. The molecule has 20 heavy (non-hydrogen) atoms. The van der Waals surface area contributed by atoms with Crippen molar-refractivity contribution in [2.45, 2.75) is 52.1 Å². The number of rotatable bonds is 4. The topological polar surface area (TPSA) is 51.2 Å². The maximum atomic E-state index is 11.3. The van der Waals surface area contributed by atoms with Gasteiger partial charge in [-0.05, 0) is 36.8 Å². The highest BCUT2D eigenvalue weighted by Crippen LogP contribution is 2.35. The van der Waals surface area contributed by atoms with E-state index in [0.717, 1.165) is 12.2 Å². The summed E-state index contributed by atoms with van der Waals surface area (Å²) in [5, 5.41) is 3.58. The molecule has 1 unspecified atom stereocenters. The zero-order valence-electron chi connectivity index (χ0n) is 12.6. The second-order valence-electron chi connectivity index (χ2n) is 6.37. The number of ether oxygens (including phenoxy) is 1. The molecule has 1 saturated carbocycles. The van der Waals surface area contributed by atoms with E-state index in [-0.39, 0.29) is 5.97 Å². The zero-order valence-corrected chi connectivity index (χ0v) is 12.6. The van der Waals surface area contributed by atoms with Crippen molar-refractivity contribution in [2.24, 2.45) is 5.41 Å². The predicted octanol–water partition coefficient (Wildman–Crippen LogP) is 2.93. The molecule has 4 heteroatoms. The molecule has 0 radical (unpaired) electrons. The third-order valence-electron chi connectivity index (χ3n) is 4.02. The summed E-state index contributed by atoms with van der Waals surface area (Å²) in [6.45, 7) is 5.43. The van der Waals surface area contributed by atoms with Crippen LogP contribution in [0.5, 0.6) is 0 Å². The average Bonchev–Trinajstić information content (AvgIpc) is 2.44. The molecule has 1 aromatic heterocycles. The van der Waals surface area contributed by atoms with Crippen molar-refractivity contribution in [2.75, 3.05) is 7.11 Å². The molecule has 0 amide bonds. The summed E-state index contributed by atoms with van der Waals surface area (Å²) in [6, 6.07) is 4.22. The van der Waals surface area contributed by atoms with E-state index in [0.29, 0.717) is 17.0 Å². The van der Waals surface area contributed by atoms with Crippen molar-refractivity contribution in [1.29, 1.82) is 0 Å². The van der Waals surface area contributed by atoms with Gasteiger partial charge in [0.1, 0.15) is 0 Å². The van der Waals surface area contributed by atoms with Gasteiger partial charge in [0.2, 0.25) is 0 Å². The highest BCUT2D eigenvalue weighted by molar-refractivity contribution is 5.88. The molecule has 1 atom stereocenters. The molecule has 1 N–H and O–H groups in total. The highest BCUT2D eigenvalue weighted by atomic mass is 16.5. The van der Waals surface area contributed by atoms with E-state index >= 15 is 0 Å². The molecule has 1 aromatic rings. The summed E-state index contributed by atoms with van der Waals surface area (Å²) in [5.41, 5.74) is 1.90. The standard InChI is InChI=1S/C16H24N2O2/c1-16(2)8-4-5-13(9-16)18-11-14-7-6-12(10-17-14)15(19)20-3/h6-7,10,13,18H,4-5,8-9,11H2,1-3H3. The van der Waals surface area contributed by atoms with Crippen LogP contribution in [0.4, 0.5) is 0 Å². The van der Waals surface area contributed by atoms with Gasteiger partial charge in [-0.25, -0.2) is 4.79 Å². The lowest BCUT2D eigenvalue weighted by Crippen LogP contribution is -2.37. The minimum absolute atomic E-state index is 0.342. The first-order valence-corrected chi connectivity index (χ1v) is 7.27. The van der Waals surface area contributed by atoms with Gasteiger partial charge in [0, 0.05) is 18.8 Å². The Balaban J connectivity index is 1.86. The Morgan fingerprint density at radius 1 is 1.50 bits per heavy atom. The van der Waals surface area contributed by atoms with Gasteiger partial charge in [-0.2, -0.15) is 0 Å². The van der Waals surface area contributed by atoms with Crippen molar-refractivity contribution < 1.29 is 9.53 Å². The fourth-order valence-corrected chi connectivity index (χ4v) is 2.89. The van der Waals surface area contributed by atoms with Gasteiger partial charge in [-0.1, -0.05) is 20.3 Å². The summed E-state index contributed by atoms with van der Waals surface area (Å²) in [7, 11) is 1.38. The van der Waals surface area contributed by atoms with Crippen LogP contribution in [-0.2, 0) is 11.3 Å². The first-order valence-electron chi connectivity index (χ1n) is 7.27. The third kappa shape index (κ3) is 4.04. The molecule has 1 aliphatic rings. The van der Waals surface area contributed by atoms with Crippen LogP contribution in [0.1, 0.15) is 55.6 Å². The number of pyridine rings is 1. The van der Waals surface area contributed by atoms with E-state index in [1.165, 1.54) is 32.8 Å². The van der Waals surface area contributed by atoms with Gasteiger partial charge in [0.25, 0.3) is 0 Å². The number of aromatic nitrogens is 1. The Hall–Kier alpha value is -1.42. The number of carbonyl (C=O) groups excluding carboxylic acids is 1. The van der Waals surface area contributed by atoms with Crippen LogP contribution >= 0.6 is 0 Å². The minimum Gasteiger partial charge on any atom is -0.465 e. The number of esters is 1. The average molecular weight is 276 g/mol. The highest BCUT2D eigenvalue weighted by Gasteiger charge is 2.27. The Bertz CT molecular complexity index is 454. The number of methoxy groups -OCH3 is 1. The molecule has 1 fully saturated rings. The van der Waals surface area contributed by atoms with Crippen LogP contribution in [0.3, 0.4) is 0 Å². The lowest BCUT2D eigenvalue weighted by atomic mass is 9.75. The van der Waals surface area contributed by atoms with Gasteiger partial charge < -0.3 is 10.1 Å². The van der Waals surface area contributed by atoms with Crippen LogP contribution in [-0.4, -0.2) is 24.1 Å². The monoisotopic (exact) mass is 276 g/mol. The van der Waals surface area contributed by atoms with E-state index in [4.69, 9.17) is 0 Å². The Kier molecular flexibility index (Phi) is 4.76. The molecular formula is C16H24N2O2. The number of hydrogen-bond acceptors (Lipinski definition) is 4. The van der Waals surface area contributed by atoms with Gasteiger partial charge in [0.05, 0.1) is 18.4 Å². The second kappa shape index (κ2) is 6.35. The Labute approximate surface area is 120 Å². The minimum atomic E-state index is -0.342. The summed E-state index contributed by atoms with van der Waals surface area (Å²) in [4.78, 5) is 15.6. The maximum Gasteiger partial charge on any atom is 0.339 e. The molecule has 1 heterocycles. The van der Waals surface area contributed by atoms with Crippen molar-refractivity contribution in [3.63, 3.8) is 0 Å². The molecule has 0 aliphatic heterocycles. The van der Waals surface area contributed by atoms with Crippen molar-refractivity contribution in [1.82, 2.24) is 10.3 Å². The predicted molar refractivity (Wildman–Crippen MR) is 78.5 cm³/mol. The molecule has 1 aliphatic carbocycles. The molecule has 0 bridgehead atoms. The molecule has 0 spiro atoms. The fourth-order valence-electron chi connectivity index (χ4n) is 2.89. The van der Waals surface area contributed by atoms with E-state index in [1.807, 2.05) is 6.07 Å². The van der Waals surface area contributed by atoms with E-state index in [1.54, 1.807) is 12.3 Å². The van der Waals surface area contributed by atoms with Gasteiger partial charge >= 0.3 is 5.97 Å². The second-order valence-corrected chi connectivity index (χ2v) is 6.37. The van der Waals surface area contributed by atoms with Crippen molar-refractivity contribution in [3.8, 4) is 0 Å². The fraction of sp³-hybridized carbons (Fsp3) is 0.625. The molecule has 0 aromatic carbocycles. The summed E-state index contributed by atoms with van der Waals surface area (Å²) in [6.07, 6.45) is 6.64. The quantitative estimate of drug-likeness (QED) is 0.859. The van der Waals surface area contributed by atoms with Crippen molar-refractivity contribution in [3.05, 3.63) is 29.6 Å². The molecule has 110 valence electrons. The van der Waals surface area contributed by atoms with Crippen LogP contribution in [0.25, 0.3) is 0 Å². The van der Waals surface area contributed by atoms with E-state index in [9.17, 15) is 4.79 Å². The number of nitrogens with zero attached hydrogens (tertiary/aromatic N) is 1. The zero-order chi connectivity index (χ0) is 14.6. The first-order chi connectivity index (χ1) is 9.50. The normalized spacial score (nSPS) is 21.4. The van der Waals surface area contributed by atoms with E-state index < -0.39 is 0 Å². The Morgan fingerprint density at radius 2 is 2.30 bits per heavy atom. The maximum absolute atomic E-state index is 11.3. The first kappa shape index (κ1) is 15.0. The molecule has 0 saturated heterocycles. The van der Waals surface area contributed by atoms with E-state index in [2.05, 4.69) is 28.9 Å². The van der Waals surface area contributed by atoms with Gasteiger partial charge in [-0.15, -0.1) is 0 Å². The number of carbonyl (C=O) groups is 1. The number of nitrogens with one attached hydrogen (secondary N) is 1.